The molecule has 0 saturated heterocycles. The molecular formula is C14H17N7. The molecular weight excluding hydrogens is 266 g/mol. The van der Waals surface area contributed by atoms with E-state index in [-0.39, 0.29) is 0 Å². The van der Waals surface area contributed by atoms with E-state index in [4.69, 9.17) is 0 Å². The van der Waals surface area contributed by atoms with E-state index in [1.165, 1.54) is 5.56 Å². The Morgan fingerprint density at radius 2 is 2.05 bits per heavy atom. The van der Waals surface area contributed by atoms with Gasteiger partial charge in [-0.15, -0.1) is 0 Å². The molecule has 3 aromatic heterocycles. The second-order valence-electron chi connectivity index (χ2n) is 4.62. The van der Waals surface area contributed by atoms with Crippen molar-refractivity contribution in [2.24, 2.45) is 0 Å². The van der Waals surface area contributed by atoms with Crippen molar-refractivity contribution in [3.05, 3.63) is 36.3 Å². The van der Waals surface area contributed by atoms with Gasteiger partial charge in [-0.2, -0.15) is 15.1 Å². The highest BCUT2D eigenvalue weighted by atomic mass is 15.3. The Hall–Kier alpha value is -2.70. The van der Waals surface area contributed by atoms with Gasteiger partial charge in [0.05, 0.1) is 11.6 Å². The summed E-state index contributed by atoms with van der Waals surface area (Å²) in [6.07, 6.45) is 5.37. The van der Waals surface area contributed by atoms with Crippen molar-refractivity contribution in [2.45, 2.75) is 13.5 Å². The molecule has 0 unspecified atom stereocenters. The zero-order chi connectivity index (χ0) is 14.7. The molecule has 0 bridgehead atoms. The summed E-state index contributed by atoms with van der Waals surface area (Å²) < 4.78 is 0. The molecule has 108 valence electrons. The van der Waals surface area contributed by atoms with Crippen molar-refractivity contribution < 1.29 is 0 Å². The highest BCUT2D eigenvalue weighted by Gasteiger charge is 2.15. The van der Waals surface area contributed by atoms with E-state index in [1.54, 1.807) is 25.6 Å². The quantitative estimate of drug-likeness (QED) is 0.743. The lowest BCUT2D eigenvalue weighted by molar-refractivity contribution is 0.816. The second kappa shape index (κ2) is 5.74. The molecule has 7 heteroatoms. The minimum atomic E-state index is 0.579. The molecule has 0 aliphatic rings. The number of anilines is 2. The number of hydrogen-bond acceptors (Lipinski definition) is 6. The van der Waals surface area contributed by atoms with Crippen LogP contribution >= 0.6 is 0 Å². The number of pyridine rings is 1. The normalized spacial score (nSPS) is 10.8. The average molecular weight is 283 g/mol. The van der Waals surface area contributed by atoms with Gasteiger partial charge in [-0.25, -0.2) is 0 Å². The van der Waals surface area contributed by atoms with Gasteiger partial charge in [0.1, 0.15) is 5.82 Å². The molecule has 2 N–H and O–H groups in total. The number of fused-ring (bicyclic) bond motifs is 1. The van der Waals surface area contributed by atoms with Gasteiger partial charge in [-0.05, 0) is 24.6 Å². The molecule has 3 aromatic rings. The van der Waals surface area contributed by atoms with Crippen LogP contribution in [0.4, 0.5) is 11.8 Å². The van der Waals surface area contributed by atoms with Gasteiger partial charge in [0.15, 0.2) is 5.65 Å². The Morgan fingerprint density at radius 3 is 2.76 bits per heavy atom. The number of nitrogens with one attached hydrogen (secondary N) is 2. The van der Waals surface area contributed by atoms with E-state index >= 15 is 0 Å². The number of nitrogens with zero attached hydrogens (tertiary/aromatic N) is 5. The summed E-state index contributed by atoms with van der Waals surface area (Å²) in [6.45, 7) is 3.70. The molecule has 3 rings (SSSR count). The predicted octanol–water partition coefficient (Wildman–Crippen LogP) is 1.82. The van der Waals surface area contributed by atoms with Crippen LogP contribution in [0.2, 0.25) is 0 Å². The van der Waals surface area contributed by atoms with E-state index in [9.17, 15) is 0 Å². The molecule has 7 nitrogen and oxygen atoms in total. The maximum atomic E-state index is 4.59. The first kappa shape index (κ1) is 13.3. The van der Waals surface area contributed by atoms with Gasteiger partial charge in [-0.1, -0.05) is 0 Å². The van der Waals surface area contributed by atoms with Crippen molar-refractivity contribution in [1.82, 2.24) is 25.1 Å². The van der Waals surface area contributed by atoms with E-state index in [1.807, 2.05) is 12.1 Å². The van der Waals surface area contributed by atoms with Crippen LogP contribution in [-0.2, 0) is 6.54 Å². The summed E-state index contributed by atoms with van der Waals surface area (Å²) in [5.74, 6) is 1.45. The fourth-order valence-electron chi connectivity index (χ4n) is 2.22. The second-order valence-corrected chi connectivity index (χ2v) is 4.62. The molecule has 0 atom stereocenters. The van der Waals surface area contributed by atoms with Crippen molar-refractivity contribution in [1.29, 1.82) is 0 Å². The zero-order valence-electron chi connectivity index (χ0n) is 12.0. The summed E-state index contributed by atoms with van der Waals surface area (Å²) in [5, 5.41) is 10.9. The first-order valence-electron chi connectivity index (χ1n) is 6.84. The van der Waals surface area contributed by atoms with E-state index in [2.05, 4.69) is 42.3 Å². The summed E-state index contributed by atoms with van der Waals surface area (Å²) in [6, 6.07) is 4.02. The van der Waals surface area contributed by atoms with Gasteiger partial charge < -0.3 is 10.2 Å². The van der Waals surface area contributed by atoms with E-state index in [0.717, 1.165) is 29.9 Å². The monoisotopic (exact) mass is 283 g/mol. The van der Waals surface area contributed by atoms with Crippen molar-refractivity contribution >= 4 is 22.8 Å². The van der Waals surface area contributed by atoms with Gasteiger partial charge in [0.25, 0.3) is 0 Å². The van der Waals surface area contributed by atoms with E-state index < -0.39 is 0 Å². The highest BCUT2D eigenvalue weighted by Crippen LogP contribution is 2.24. The van der Waals surface area contributed by atoms with Gasteiger partial charge in [0.2, 0.25) is 5.95 Å². The Kier molecular flexibility index (Phi) is 3.63. The maximum absolute atomic E-state index is 4.59. The lowest BCUT2D eigenvalue weighted by Gasteiger charge is -2.22. The topological polar surface area (TPSA) is 82.6 Å². The zero-order valence-corrected chi connectivity index (χ0v) is 12.0. The Balaban J connectivity index is 2.01. The molecule has 0 aromatic carbocycles. The van der Waals surface area contributed by atoms with Gasteiger partial charge >= 0.3 is 0 Å². The van der Waals surface area contributed by atoms with Crippen LogP contribution in [0.5, 0.6) is 0 Å². The Morgan fingerprint density at radius 1 is 1.24 bits per heavy atom. The third-order valence-electron chi connectivity index (χ3n) is 3.32. The molecule has 3 heterocycles. The summed E-state index contributed by atoms with van der Waals surface area (Å²) in [4.78, 5) is 15.2. The number of rotatable bonds is 5. The third kappa shape index (κ3) is 2.62. The van der Waals surface area contributed by atoms with Crippen molar-refractivity contribution in [3.63, 3.8) is 0 Å². The molecule has 0 aliphatic heterocycles. The number of aromatic amines is 1. The van der Waals surface area contributed by atoms with Gasteiger partial charge in [0, 0.05) is 32.5 Å². The molecule has 0 fully saturated rings. The van der Waals surface area contributed by atoms with Crippen LogP contribution in [-0.4, -0.2) is 38.7 Å². The van der Waals surface area contributed by atoms with Gasteiger partial charge in [-0.3, -0.25) is 10.1 Å². The molecule has 0 aliphatic carbocycles. The standard InChI is InChI=1S/C14H17N7/c1-3-21(9-10-4-6-16-7-5-10)13-11-8-17-20-12(11)18-14(15-2)19-13/h4-8H,3,9H2,1-2H3,(H2,15,17,18,19,20). The lowest BCUT2D eigenvalue weighted by atomic mass is 10.2. The fourth-order valence-corrected chi connectivity index (χ4v) is 2.22. The SMILES string of the molecule is CCN(Cc1ccncc1)c1nc(NC)nc2[nH]ncc12. The number of hydrogen-bond donors (Lipinski definition) is 2. The summed E-state index contributed by atoms with van der Waals surface area (Å²) in [7, 11) is 1.81. The highest BCUT2D eigenvalue weighted by molar-refractivity contribution is 5.87. The predicted molar refractivity (Wildman–Crippen MR) is 82.2 cm³/mol. The molecule has 0 amide bonds. The smallest absolute Gasteiger partial charge is 0.226 e. The minimum Gasteiger partial charge on any atom is -0.357 e. The van der Waals surface area contributed by atoms with Crippen molar-refractivity contribution in [3.8, 4) is 0 Å². The van der Waals surface area contributed by atoms with Crippen LogP contribution < -0.4 is 10.2 Å². The van der Waals surface area contributed by atoms with Crippen LogP contribution in [0.15, 0.2) is 30.7 Å². The minimum absolute atomic E-state index is 0.579. The maximum Gasteiger partial charge on any atom is 0.226 e. The molecule has 0 spiro atoms. The van der Waals surface area contributed by atoms with Crippen LogP contribution in [0, 0.1) is 0 Å². The summed E-state index contributed by atoms with van der Waals surface area (Å²) >= 11 is 0. The number of aromatic nitrogens is 5. The first-order valence-corrected chi connectivity index (χ1v) is 6.84. The fraction of sp³-hybridized carbons (Fsp3) is 0.286. The molecule has 21 heavy (non-hydrogen) atoms. The van der Waals surface area contributed by atoms with Crippen LogP contribution in [0.3, 0.4) is 0 Å². The van der Waals surface area contributed by atoms with Crippen LogP contribution in [0.1, 0.15) is 12.5 Å². The first-order chi connectivity index (χ1) is 10.3. The Bertz CT molecular complexity index is 723. The molecule has 0 radical (unpaired) electrons. The summed E-state index contributed by atoms with van der Waals surface area (Å²) in [5.41, 5.74) is 1.92. The lowest BCUT2D eigenvalue weighted by Crippen LogP contribution is -2.23. The van der Waals surface area contributed by atoms with E-state index in [0.29, 0.717) is 5.95 Å². The Labute approximate surface area is 122 Å². The van der Waals surface area contributed by atoms with Crippen LogP contribution in [0.25, 0.3) is 11.0 Å². The largest absolute Gasteiger partial charge is 0.357 e. The number of H-pyrrole nitrogens is 1. The molecule has 0 saturated carbocycles. The average Bonchev–Trinajstić information content (AvgIpc) is 3.01. The van der Waals surface area contributed by atoms with Crippen molar-refractivity contribution in [2.75, 3.05) is 23.8 Å². The third-order valence-corrected chi connectivity index (χ3v) is 3.32.